The first-order chi connectivity index (χ1) is 12.5. The Labute approximate surface area is 192 Å². The zero-order chi connectivity index (χ0) is 21.0. The summed E-state index contributed by atoms with van der Waals surface area (Å²) >= 11 is 0. The van der Waals surface area contributed by atoms with E-state index in [-0.39, 0.29) is 66.1 Å². The van der Waals surface area contributed by atoms with E-state index in [1.807, 2.05) is 0 Å². The van der Waals surface area contributed by atoms with Gasteiger partial charge >= 0.3 is 39.9 Å². The average Bonchev–Trinajstić information content (AvgIpc) is 2.46. The molecule has 0 aromatic carbocycles. The van der Waals surface area contributed by atoms with E-state index in [4.69, 9.17) is 0 Å². The van der Waals surface area contributed by atoms with Crippen molar-refractivity contribution in [3.63, 3.8) is 0 Å². The quantitative estimate of drug-likeness (QED) is 0.177. The largest absolute Gasteiger partial charge is 3.00 e. The van der Waals surface area contributed by atoms with Crippen LogP contribution in [0, 0.1) is 39.9 Å². The number of carboxylic acid groups (broad SMARTS) is 5. The van der Waals surface area contributed by atoms with Crippen molar-refractivity contribution >= 4 is 29.8 Å². The van der Waals surface area contributed by atoms with Crippen molar-refractivity contribution in [1.29, 1.82) is 0 Å². The summed E-state index contributed by atoms with van der Waals surface area (Å²) in [5, 5.41) is 53.3. The molecule has 0 heterocycles. The maximum Gasteiger partial charge on any atom is 3.00 e. The molecule has 0 saturated heterocycles. The number of carbonyl (C=O) groups is 5. The fourth-order valence-electron chi connectivity index (χ4n) is 2.18. The summed E-state index contributed by atoms with van der Waals surface area (Å²) in [6.07, 6.45) is 0. The van der Waals surface area contributed by atoms with Crippen molar-refractivity contribution in [3.8, 4) is 0 Å². The third kappa shape index (κ3) is 16.7. The van der Waals surface area contributed by atoms with Gasteiger partial charge in [0.05, 0.1) is 29.8 Å². The molecule has 0 aliphatic carbocycles. The van der Waals surface area contributed by atoms with E-state index in [9.17, 15) is 49.5 Å². The van der Waals surface area contributed by atoms with Crippen LogP contribution < -0.4 is 25.5 Å². The minimum absolute atomic E-state index is 0. The van der Waals surface area contributed by atoms with Crippen molar-refractivity contribution in [2.45, 2.75) is 0 Å². The van der Waals surface area contributed by atoms with Gasteiger partial charge in [-0.2, -0.15) is 0 Å². The van der Waals surface area contributed by atoms with Crippen LogP contribution in [0.25, 0.3) is 0 Å². The molecule has 0 spiro atoms. The summed E-state index contributed by atoms with van der Waals surface area (Å²) in [6.45, 7) is -4.16. The summed E-state index contributed by atoms with van der Waals surface area (Å²) < 4.78 is 0. The van der Waals surface area contributed by atoms with E-state index < -0.39 is 62.6 Å². The van der Waals surface area contributed by atoms with Gasteiger partial charge in [0, 0.05) is 58.9 Å². The molecule has 159 valence electrons. The van der Waals surface area contributed by atoms with E-state index >= 15 is 0 Å². The van der Waals surface area contributed by atoms with Gasteiger partial charge in [-0.3, -0.25) is 14.7 Å². The van der Waals surface area contributed by atoms with Gasteiger partial charge in [0.15, 0.2) is 0 Å². The molecule has 0 atom stereocenters. The first kappa shape index (κ1) is 28.8. The van der Waals surface area contributed by atoms with Crippen LogP contribution in [0.2, 0.25) is 0 Å². The smallest absolute Gasteiger partial charge is 0.549 e. The van der Waals surface area contributed by atoms with Gasteiger partial charge in [0.25, 0.3) is 0 Å². The number of carboxylic acids is 5. The molecule has 0 saturated carbocycles. The molecule has 28 heavy (non-hydrogen) atoms. The number of carbonyl (C=O) groups excluding carboxylic acids is 5. The second kappa shape index (κ2) is 15.5. The van der Waals surface area contributed by atoms with E-state index in [0.29, 0.717) is 0 Å². The van der Waals surface area contributed by atoms with Crippen LogP contribution in [-0.4, -0.2) is 103 Å². The molecule has 13 nitrogen and oxygen atoms in total. The summed E-state index contributed by atoms with van der Waals surface area (Å²) in [5.74, 6) is -7.67. The Hall–Kier alpha value is -1.45. The molecule has 0 aliphatic rings. The number of hydrogen-bond donors (Lipinski definition) is 0. The predicted octanol–water partition coefficient (Wildman–Crippen LogP) is -9.36. The molecule has 0 fully saturated rings. The average molecular weight is 546 g/mol. The van der Waals surface area contributed by atoms with Gasteiger partial charge in [0.2, 0.25) is 0 Å². The zero-order valence-corrected chi connectivity index (χ0v) is 16.9. The molecule has 0 aromatic rings. The minimum atomic E-state index is -1.54. The van der Waals surface area contributed by atoms with Crippen molar-refractivity contribution in [1.82, 2.24) is 14.7 Å². The van der Waals surface area contributed by atoms with E-state index in [2.05, 4.69) is 0 Å². The Morgan fingerprint density at radius 1 is 0.429 bits per heavy atom. The van der Waals surface area contributed by atoms with Gasteiger partial charge in [-0.1, -0.05) is 0 Å². The summed E-state index contributed by atoms with van der Waals surface area (Å²) in [5.41, 5.74) is 0. The van der Waals surface area contributed by atoms with Crippen molar-refractivity contribution in [2.75, 3.05) is 58.9 Å². The molecule has 14 heteroatoms. The predicted molar refractivity (Wildman–Crippen MR) is 74.4 cm³/mol. The summed E-state index contributed by atoms with van der Waals surface area (Å²) in [6, 6.07) is 0. The molecule has 1 radical (unpaired) electrons. The van der Waals surface area contributed by atoms with Crippen molar-refractivity contribution in [3.05, 3.63) is 0 Å². The maximum absolute atomic E-state index is 10.8. The number of hydrogen-bond acceptors (Lipinski definition) is 13. The monoisotopic (exact) mass is 546 g/mol. The molecular weight excluding hydrogens is 527 g/mol. The van der Waals surface area contributed by atoms with E-state index in [1.165, 1.54) is 4.90 Å². The van der Waals surface area contributed by atoms with Crippen molar-refractivity contribution < 1.29 is 89.4 Å². The number of aliphatic carboxylic acids is 5. The third-order valence-corrected chi connectivity index (χ3v) is 3.23. The first-order valence-corrected chi connectivity index (χ1v) is 7.66. The summed E-state index contributed by atoms with van der Waals surface area (Å²) in [4.78, 5) is 56.4. The van der Waals surface area contributed by atoms with E-state index in [0.717, 1.165) is 9.80 Å². The minimum Gasteiger partial charge on any atom is -0.549 e. The number of rotatable bonds is 16. The van der Waals surface area contributed by atoms with Crippen LogP contribution in [0.1, 0.15) is 0 Å². The third-order valence-electron chi connectivity index (χ3n) is 3.23. The first-order valence-electron chi connectivity index (χ1n) is 7.66. The SMILES string of the molecule is O=C([O-])CN(CCN(CC(=O)[O-])CC(=O)[O-])CCN(CC(=O)[O-])CC(=O)[O-].[Gd+3]. The second-order valence-electron chi connectivity index (χ2n) is 5.56. The van der Waals surface area contributed by atoms with Crippen LogP contribution in [0.5, 0.6) is 0 Å². The van der Waals surface area contributed by atoms with Crippen LogP contribution in [0.4, 0.5) is 0 Å². The Balaban J connectivity index is 0. The molecule has 0 rings (SSSR count). The molecule has 0 unspecified atom stereocenters. The maximum atomic E-state index is 10.8. The van der Waals surface area contributed by atoms with Crippen LogP contribution in [0.15, 0.2) is 0 Å². The van der Waals surface area contributed by atoms with Gasteiger partial charge in [-0.05, 0) is 0 Å². The topological polar surface area (TPSA) is 210 Å². The Kier molecular flexibility index (Phi) is 15.9. The molecule has 0 N–H and O–H groups in total. The zero-order valence-electron chi connectivity index (χ0n) is 14.6. The Morgan fingerprint density at radius 3 is 0.821 bits per heavy atom. The van der Waals surface area contributed by atoms with Crippen LogP contribution in [-0.2, 0) is 24.0 Å². The Morgan fingerprint density at radius 2 is 0.607 bits per heavy atom. The fraction of sp³-hybridized carbons (Fsp3) is 0.643. The standard InChI is InChI=1S/C14H23N3O10.Gd/c18-10(19)5-15(1-3-16(6-11(20)21)7-12(22)23)2-4-17(8-13(24)25)9-14(26)27;/h1-9H2,(H,18,19)(H,20,21)(H,22,23)(H,24,25)(H,26,27);/q;+3/p-5. The second-order valence-corrected chi connectivity index (χ2v) is 5.56. The van der Waals surface area contributed by atoms with Crippen LogP contribution in [0.3, 0.4) is 0 Å². The van der Waals surface area contributed by atoms with Gasteiger partial charge in [0.1, 0.15) is 0 Å². The number of nitrogens with zero attached hydrogens (tertiary/aromatic N) is 3. The fourth-order valence-corrected chi connectivity index (χ4v) is 2.18. The molecule has 0 bridgehead atoms. The Bertz CT molecular complexity index is 487. The van der Waals surface area contributed by atoms with Crippen molar-refractivity contribution in [2.24, 2.45) is 0 Å². The molecule has 0 amide bonds. The molecule has 0 aromatic heterocycles. The van der Waals surface area contributed by atoms with Gasteiger partial charge in [-0.25, -0.2) is 0 Å². The molecular formula is C14H18GdN3O10-2. The van der Waals surface area contributed by atoms with E-state index in [1.54, 1.807) is 0 Å². The molecule has 0 aliphatic heterocycles. The normalized spacial score (nSPS) is 10.7. The van der Waals surface area contributed by atoms with Gasteiger partial charge < -0.3 is 49.5 Å². The van der Waals surface area contributed by atoms with Gasteiger partial charge in [-0.15, -0.1) is 0 Å². The van der Waals surface area contributed by atoms with Crippen LogP contribution >= 0.6 is 0 Å². The summed E-state index contributed by atoms with van der Waals surface area (Å²) in [7, 11) is 0.